The molecule has 4 heterocycles. The number of rotatable bonds is 5. The van der Waals surface area contributed by atoms with E-state index in [-0.39, 0.29) is 11.5 Å². The summed E-state index contributed by atoms with van der Waals surface area (Å²) in [6.45, 7) is 10.1. The normalized spacial score (nSPS) is 18.6. The molecule has 3 aromatic rings. The van der Waals surface area contributed by atoms with Gasteiger partial charge in [0.15, 0.2) is 11.2 Å². The summed E-state index contributed by atoms with van der Waals surface area (Å²) in [6, 6.07) is 2.28. The predicted molar refractivity (Wildman–Crippen MR) is 107 cm³/mol. The molecule has 1 aliphatic rings. The Morgan fingerprint density at radius 2 is 2.26 bits per heavy atom. The number of hydrogen-bond donors (Lipinski definition) is 1. The van der Waals surface area contributed by atoms with E-state index < -0.39 is 0 Å². The van der Waals surface area contributed by atoms with Crippen LogP contribution < -0.4 is 5.56 Å². The third-order valence-corrected chi connectivity index (χ3v) is 6.07. The molecule has 1 N–H and O–H groups in total. The van der Waals surface area contributed by atoms with Gasteiger partial charge in [-0.15, -0.1) is 16.4 Å². The highest BCUT2D eigenvalue weighted by Crippen LogP contribution is 2.22. The number of piperidine rings is 1. The molecular formula is C19H26N6OS. The summed E-state index contributed by atoms with van der Waals surface area (Å²) in [6.07, 6.45) is 2.35. The van der Waals surface area contributed by atoms with Crippen LogP contribution in [0.4, 0.5) is 0 Å². The fraction of sp³-hybridized carbons (Fsp3) is 0.579. The number of thiophene rings is 1. The third kappa shape index (κ3) is 3.96. The number of aryl methyl sites for hydroxylation is 1. The molecule has 3 aromatic heterocycles. The van der Waals surface area contributed by atoms with Gasteiger partial charge in [-0.05, 0) is 49.2 Å². The largest absolute Gasteiger partial charge is 0.308 e. The van der Waals surface area contributed by atoms with Crippen molar-refractivity contribution in [1.29, 1.82) is 0 Å². The van der Waals surface area contributed by atoms with Crippen molar-refractivity contribution >= 4 is 22.5 Å². The van der Waals surface area contributed by atoms with Crippen LogP contribution in [0.15, 0.2) is 16.2 Å². The maximum Gasteiger partial charge on any atom is 0.281 e. The van der Waals surface area contributed by atoms with Crippen molar-refractivity contribution in [2.24, 2.45) is 5.92 Å². The Morgan fingerprint density at radius 1 is 1.41 bits per heavy atom. The fourth-order valence-corrected chi connectivity index (χ4v) is 4.51. The molecule has 1 saturated heterocycles. The second kappa shape index (κ2) is 7.52. The molecule has 0 radical (unpaired) electrons. The van der Waals surface area contributed by atoms with Crippen LogP contribution in [-0.2, 0) is 13.1 Å². The molecule has 0 bridgehead atoms. The van der Waals surface area contributed by atoms with Gasteiger partial charge >= 0.3 is 0 Å². The summed E-state index contributed by atoms with van der Waals surface area (Å²) in [7, 11) is 0. The molecule has 0 spiro atoms. The van der Waals surface area contributed by atoms with E-state index in [0.717, 1.165) is 26.2 Å². The van der Waals surface area contributed by atoms with E-state index in [9.17, 15) is 4.79 Å². The summed E-state index contributed by atoms with van der Waals surface area (Å²) >= 11 is 1.81. The monoisotopic (exact) mass is 386 g/mol. The number of likely N-dealkylation sites (tertiary alicyclic amines) is 1. The van der Waals surface area contributed by atoms with Crippen LogP contribution in [0.25, 0.3) is 11.2 Å². The molecule has 0 aliphatic carbocycles. The zero-order valence-corrected chi connectivity index (χ0v) is 16.9. The SMILES string of the molecule is Cc1cc(CN2CCC[C@H](Cn3nnc4c(=O)[nH]c(C(C)C)nc43)C2)cs1. The first-order chi connectivity index (χ1) is 13.0. The molecule has 1 fully saturated rings. The van der Waals surface area contributed by atoms with Crippen molar-refractivity contribution in [2.75, 3.05) is 13.1 Å². The molecular weight excluding hydrogens is 360 g/mol. The fourth-order valence-electron chi connectivity index (χ4n) is 3.81. The van der Waals surface area contributed by atoms with Gasteiger partial charge in [0.05, 0.1) is 0 Å². The van der Waals surface area contributed by atoms with Gasteiger partial charge in [-0.2, -0.15) is 0 Å². The van der Waals surface area contributed by atoms with Crippen LogP contribution in [0.2, 0.25) is 0 Å². The van der Waals surface area contributed by atoms with E-state index in [1.165, 1.54) is 23.3 Å². The molecule has 8 heteroatoms. The van der Waals surface area contributed by atoms with E-state index in [0.29, 0.717) is 22.9 Å². The minimum absolute atomic E-state index is 0.157. The summed E-state index contributed by atoms with van der Waals surface area (Å²) in [5.41, 5.74) is 2.14. The average molecular weight is 387 g/mol. The topological polar surface area (TPSA) is 79.7 Å². The van der Waals surface area contributed by atoms with Crippen LogP contribution in [0.1, 0.15) is 48.9 Å². The molecule has 4 rings (SSSR count). The smallest absolute Gasteiger partial charge is 0.281 e. The zero-order chi connectivity index (χ0) is 19.0. The molecule has 1 atom stereocenters. The molecule has 0 unspecified atom stereocenters. The van der Waals surface area contributed by atoms with Crippen molar-refractivity contribution in [1.82, 2.24) is 29.9 Å². The van der Waals surface area contributed by atoms with Crippen LogP contribution in [-0.4, -0.2) is 43.0 Å². The van der Waals surface area contributed by atoms with Gasteiger partial charge in [-0.1, -0.05) is 19.1 Å². The van der Waals surface area contributed by atoms with E-state index in [1.54, 1.807) is 0 Å². The summed E-state index contributed by atoms with van der Waals surface area (Å²) in [5.74, 6) is 1.34. The van der Waals surface area contributed by atoms with Crippen LogP contribution in [0.3, 0.4) is 0 Å². The van der Waals surface area contributed by atoms with Crippen molar-refractivity contribution in [3.63, 3.8) is 0 Å². The highest BCUT2D eigenvalue weighted by molar-refractivity contribution is 7.10. The molecule has 1 aliphatic heterocycles. The minimum Gasteiger partial charge on any atom is -0.308 e. The lowest BCUT2D eigenvalue weighted by atomic mass is 9.97. The van der Waals surface area contributed by atoms with Crippen molar-refractivity contribution < 1.29 is 0 Å². The molecule has 144 valence electrons. The Balaban J connectivity index is 1.50. The van der Waals surface area contributed by atoms with E-state index >= 15 is 0 Å². The Bertz CT molecular complexity index is 988. The number of H-pyrrole nitrogens is 1. The molecule has 7 nitrogen and oxygen atoms in total. The predicted octanol–water partition coefficient (Wildman–Crippen LogP) is 2.92. The van der Waals surface area contributed by atoms with Gasteiger partial charge in [0.1, 0.15) is 5.82 Å². The third-order valence-electron chi connectivity index (χ3n) is 5.16. The van der Waals surface area contributed by atoms with Gasteiger partial charge < -0.3 is 4.98 Å². The lowest BCUT2D eigenvalue weighted by Crippen LogP contribution is -2.36. The second-order valence-electron chi connectivity index (χ2n) is 7.86. The van der Waals surface area contributed by atoms with Gasteiger partial charge in [-0.3, -0.25) is 9.69 Å². The quantitative estimate of drug-likeness (QED) is 0.729. The lowest BCUT2D eigenvalue weighted by molar-refractivity contribution is 0.154. The first-order valence-corrected chi connectivity index (χ1v) is 10.5. The summed E-state index contributed by atoms with van der Waals surface area (Å²) in [4.78, 5) is 23.6. The highest BCUT2D eigenvalue weighted by atomic mass is 32.1. The number of aromatic nitrogens is 5. The minimum atomic E-state index is -0.201. The van der Waals surface area contributed by atoms with Gasteiger partial charge in [-0.25, -0.2) is 9.67 Å². The number of nitrogens with one attached hydrogen (secondary N) is 1. The van der Waals surface area contributed by atoms with Crippen molar-refractivity contribution in [3.05, 3.63) is 38.1 Å². The lowest BCUT2D eigenvalue weighted by Gasteiger charge is -2.32. The van der Waals surface area contributed by atoms with E-state index in [1.807, 2.05) is 29.9 Å². The Kier molecular flexibility index (Phi) is 5.10. The summed E-state index contributed by atoms with van der Waals surface area (Å²) in [5, 5.41) is 10.6. The highest BCUT2D eigenvalue weighted by Gasteiger charge is 2.23. The average Bonchev–Trinajstić information content (AvgIpc) is 3.22. The Labute approximate surface area is 162 Å². The van der Waals surface area contributed by atoms with Crippen molar-refractivity contribution in [3.8, 4) is 0 Å². The second-order valence-corrected chi connectivity index (χ2v) is 8.97. The van der Waals surface area contributed by atoms with Crippen LogP contribution >= 0.6 is 11.3 Å². The van der Waals surface area contributed by atoms with E-state index in [2.05, 4.69) is 43.6 Å². The standard InChI is InChI=1S/C19H26N6OS/c1-12(2)17-20-18-16(19(26)21-17)22-23-25(18)10-14-5-4-6-24(8-14)9-15-7-13(3)27-11-15/h7,11-12,14H,4-6,8-10H2,1-3H3,(H,20,21,26)/t14-/m0/s1. The van der Waals surface area contributed by atoms with Crippen molar-refractivity contribution in [2.45, 2.75) is 52.6 Å². The van der Waals surface area contributed by atoms with Crippen LogP contribution in [0.5, 0.6) is 0 Å². The Morgan fingerprint density at radius 3 is 3.00 bits per heavy atom. The van der Waals surface area contributed by atoms with E-state index in [4.69, 9.17) is 0 Å². The number of aromatic amines is 1. The number of fused-ring (bicyclic) bond motifs is 1. The summed E-state index contributed by atoms with van der Waals surface area (Å²) < 4.78 is 1.82. The first kappa shape index (κ1) is 18.3. The van der Waals surface area contributed by atoms with Gasteiger partial charge in [0.25, 0.3) is 5.56 Å². The Hall–Kier alpha value is -2.06. The first-order valence-electron chi connectivity index (χ1n) is 9.59. The zero-order valence-electron chi connectivity index (χ0n) is 16.1. The number of nitrogens with zero attached hydrogens (tertiary/aromatic N) is 5. The molecule has 0 amide bonds. The molecule has 0 saturated carbocycles. The maximum atomic E-state index is 12.2. The molecule has 27 heavy (non-hydrogen) atoms. The molecule has 0 aromatic carbocycles. The van der Waals surface area contributed by atoms with Crippen LogP contribution in [0, 0.1) is 12.8 Å². The number of hydrogen-bond acceptors (Lipinski definition) is 6. The van der Waals surface area contributed by atoms with Gasteiger partial charge in [0.2, 0.25) is 0 Å². The maximum absolute atomic E-state index is 12.2. The van der Waals surface area contributed by atoms with Gasteiger partial charge in [0, 0.05) is 30.4 Å².